The summed E-state index contributed by atoms with van der Waals surface area (Å²) in [6, 6.07) is 7.56. The lowest BCUT2D eigenvalue weighted by Gasteiger charge is -2.06. The molecule has 1 N–H and O–H groups in total. The number of ether oxygens (including phenoxy) is 1. The van der Waals surface area contributed by atoms with E-state index >= 15 is 0 Å². The summed E-state index contributed by atoms with van der Waals surface area (Å²) >= 11 is 0. The van der Waals surface area contributed by atoms with E-state index in [1.54, 1.807) is 11.7 Å². The molecule has 1 aromatic heterocycles. The molecule has 90 valence electrons. The van der Waals surface area contributed by atoms with Crippen molar-refractivity contribution in [3.63, 3.8) is 0 Å². The zero-order chi connectivity index (χ0) is 12.4. The van der Waals surface area contributed by atoms with E-state index in [-0.39, 0.29) is 6.42 Å². The maximum atomic E-state index is 11.1. The van der Waals surface area contributed by atoms with Gasteiger partial charge in [-0.3, -0.25) is 9.48 Å². The maximum absolute atomic E-state index is 11.1. The Hall–Kier alpha value is -1.88. The summed E-state index contributed by atoms with van der Waals surface area (Å²) in [6.07, 6.45) is -1.02. The van der Waals surface area contributed by atoms with E-state index in [1.165, 1.54) is 7.11 Å². The van der Waals surface area contributed by atoms with Gasteiger partial charge >= 0.3 is 5.97 Å². The average molecular weight is 234 g/mol. The number of nitrogens with zero attached hydrogens (tertiary/aromatic N) is 2. The summed E-state index contributed by atoms with van der Waals surface area (Å²) in [5, 5.41) is 15.0. The molecule has 1 atom stereocenters. The number of aliphatic hydroxyl groups excluding tert-OH is 1. The number of aromatic nitrogens is 2. The van der Waals surface area contributed by atoms with Crippen LogP contribution in [0.15, 0.2) is 24.3 Å². The Labute approximate surface area is 98.6 Å². The van der Waals surface area contributed by atoms with E-state index < -0.39 is 12.1 Å². The minimum Gasteiger partial charge on any atom is -0.469 e. The highest BCUT2D eigenvalue weighted by molar-refractivity contribution is 5.83. The molecule has 1 aromatic carbocycles. The Balaban J connectivity index is 2.38. The van der Waals surface area contributed by atoms with Crippen LogP contribution in [0.3, 0.4) is 0 Å². The van der Waals surface area contributed by atoms with E-state index in [2.05, 4.69) is 9.84 Å². The first-order valence-electron chi connectivity index (χ1n) is 5.30. The van der Waals surface area contributed by atoms with Crippen LogP contribution in [-0.2, 0) is 16.6 Å². The standard InChI is InChI=1S/C12H14N2O3/c1-14-9-6-4-3-5-8(9)12(13-14)10(15)7-11(16)17-2/h3-6,10,15H,7H2,1-2H3/t10-/m0/s1. The highest BCUT2D eigenvalue weighted by Crippen LogP contribution is 2.25. The van der Waals surface area contributed by atoms with Crippen molar-refractivity contribution in [2.45, 2.75) is 12.5 Å². The number of aryl methyl sites for hydroxylation is 1. The number of methoxy groups -OCH3 is 1. The topological polar surface area (TPSA) is 64.3 Å². The first-order chi connectivity index (χ1) is 8.13. The molecule has 0 amide bonds. The van der Waals surface area contributed by atoms with Crippen LogP contribution >= 0.6 is 0 Å². The summed E-state index contributed by atoms with van der Waals surface area (Å²) in [5.41, 5.74) is 1.43. The van der Waals surface area contributed by atoms with E-state index in [4.69, 9.17) is 0 Å². The average Bonchev–Trinajstić information content (AvgIpc) is 2.67. The quantitative estimate of drug-likeness (QED) is 0.810. The number of fused-ring (bicyclic) bond motifs is 1. The van der Waals surface area contributed by atoms with Gasteiger partial charge in [-0.25, -0.2) is 0 Å². The number of carbonyl (C=O) groups excluding carboxylic acids is 1. The molecule has 0 fully saturated rings. The van der Waals surface area contributed by atoms with Crippen LogP contribution in [0.1, 0.15) is 18.2 Å². The number of hydrogen-bond acceptors (Lipinski definition) is 4. The Kier molecular flexibility index (Phi) is 3.10. The fraction of sp³-hybridized carbons (Fsp3) is 0.333. The molecule has 0 saturated carbocycles. The third kappa shape index (κ3) is 2.14. The van der Waals surface area contributed by atoms with Crippen molar-refractivity contribution in [3.05, 3.63) is 30.0 Å². The van der Waals surface area contributed by atoms with Gasteiger partial charge in [0.2, 0.25) is 0 Å². The second-order valence-corrected chi connectivity index (χ2v) is 3.82. The predicted molar refractivity (Wildman–Crippen MR) is 62.3 cm³/mol. The molecular formula is C12H14N2O3. The van der Waals surface area contributed by atoms with Crippen molar-refractivity contribution in [1.82, 2.24) is 9.78 Å². The lowest BCUT2D eigenvalue weighted by atomic mass is 10.1. The van der Waals surface area contributed by atoms with Crippen molar-refractivity contribution in [2.24, 2.45) is 7.05 Å². The van der Waals surface area contributed by atoms with Crippen LogP contribution in [0, 0.1) is 0 Å². The number of rotatable bonds is 3. The molecule has 5 heteroatoms. The number of carbonyl (C=O) groups is 1. The molecule has 0 aliphatic carbocycles. The minimum atomic E-state index is -0.937. The largest absolute Gasteiger partial charge is 0.469 e. The van der Waals surface area contributed by atoms with Gasteiger partial charge in [0.25, 0.3) is 0 Å². The SMILES string of the molecule is COC(=O)C[C@H](O)c1nn(C)c2ccccc12. The normalized spacial score (nSPS) is 12.6. The molecule has 0 radical (unpaired) electrons. The molecule has 1 heterocycles. The van der Waals surface area contributed by atoms with E-state index in [1.807, 2.05) is 24.3 Å². The number of esters is 1. The number of aliphatic hydroxyl groups is 1. The van der Waals surface area contributed by atoms with Gasteiger partial charge in [-0.05, 0) is 6.07 Å². The van der Waals surface area contributed by atoms with Gasteiger partial charge in [0, 0.05) is 12.4 Å². The molecule has 0 aliphatic rings. The Bertz CT molecular complexity index is 548. The molecule has 0 saturated heterocycles. The van der Waals surface area contributed by atoms with Crippen LogP contribution in [0.4, 0.5) is 0 Å². The summed E-state index contributed by atoms with van der Waals surface area (Å²) in [6.45, 7) is 0. The molecule has 17 heavy (non-hydrogen) atoms. The molecule has 0 unspecified atom stereocenters. The molecule has 0 aliphatic heterocycles. The fourth-order valence-corrected chi connectivity index (χ4v) is 1.83. The van der Waals surface area contributed by atoms with Gasteiger partial charge < -0.3 is 9.84 Å². The highest BCUT2D eigenvalue weighted by Gasteiger charge is 2.19. The number of benzene rings is 1. The van der Waals surface area contributed by atoms with Crippen molar-refractivity contribution in [3.8, 4) is 0 Å². The summed E-state index contributed by atoms with van der Waals surface area (Å²) in [7, 11) is 3.10. The summed E-state index contributed by atoms with van der Waals surface area (Å²) in [4.78, 5) is 11.1. The molecule has 5 nitrogen and oxygen atoms in total. The van der Waals surface area contributed by atoms with Crippen LogP contribution < -0.4 is 0 Å². The minimum absolute atomic E-state index is 0.0858. The van der Waals surface area contributed by atoms with Gasteiger partial charge in [-0.2, -0.15) is 5.10 Å². The summed E-state index contributed by atoms with van der Waals surface area (Å²) in [5.74, 6) is -0.452. The highest BCUT2D eigenvalue weighted by atomic mass is 16.5. The molecule has 0 spiro atoms. The lowest BCUT2D eigenvalue weighted by Crippen LogP contribution is -2.09. The lowest BCUT2D eigenvalue weighted by molar-refractivity contribution is -0.142. The van der Waals surface area contributed by atoms with Gasteiger partial charge in [-0.15, -0.1) is 0 Å². The number of hydrogen-bond donors (Lipinski definition) is 1. The van der Waals surface area contributed by atoms with Gasteiger partial charge in [-0.1, -0.05) is 18.2 Å². The molecule has 2 rings (SSSR count). The zero-order valence-corrected chi connectivity index (χ0v) is 9.75. The van der Waals surface area contributed by atoms with E-state index in [9.17, 15) is 9.90 Å². The molecule has 2 aromatic rings. The van der Waals surface area contributed by atoms with Gasteiger partial charge in [0.05, 0.1) is 24.7 Å². The van der Waals surface area contributed by atoms with E-state index in [0.717, 1.165) is 10.9 Å². The zero-order valence-electron chi connectivity index (χ0n) is 9.75. The van der Waals surface area contributed by atoms with Crippen molar-refractivity contribution < 1.29 is 14.6 Å². The fourth-order valence-electron chi connectivity index (χ4n) is 1.83. The van der Waals surface area contributed by atoms with Crippen LogP contribution in [0.5, 0.6) is 0 Å². The maximum Gasteiger partial charge on any atom is 0.308 e. The van der Waals surface area contributed by atoms with Crippen molar-refractivity contribution in [2.75, 3.05) is 7.11 Å². The molecular weight excluding hydrogens is 220 g/mol. The van der Waals surface area contributed by atoms with Crippen LogP contribution in [-0.4, -0.2) is 28.0 Å². The van der Waals surface area contributed by atoms with Gasteiger partial charge in [0.1, 0.15) is 6.10 Å². The monoisotopic (exact) mass is 234 g/mol. The first kappa shape index (κ1) is 11.6. The Morgan fingerprint density at radius 3 is 2.94 bits per heavy atom. The smallest absolute Gasteiger partial charge is 0.308 e. The third-order valence-electron chi connectivity index (χ3n) is 2.69. The van der Waals surface area contributed by atoms with Crippen molar-refractivity contribution in [1.29, 1.82) is 0 Å². The Morgan fingerprint density at radius 2 is 2.24 bits per heavy atom. The third-order valence-corrected chi connectivity index (χ3v) is 2.69. The molecule has 0 bridgehead atoms. The second-order valence-electron chi connectivity index (χ2n) is 3.82. The Morgan fingerprint density at radius 1 is 1.53 bits per heavy atom. The van der Waals surface area contributed by atoms with Crippen LogP contribution in [0.2, 0.25) is 0 Å². The van der Waals surface area contributed by atoms with Gasteiger partial charge in [0.15, 0.2) is 0 Å². The van der Waals surface area contributed by atoms with E-state index in [0.29, 0.717) is 5.69 Å². The van der Waals surface area contributed by atoms with Crippen molar-refractivity contribution >= 4 is 16.9 Å². The summed E-state index contributed by atoms with van der Waals surface area (Å²) < 4.78 is 6.21. The first-order valence-corrected chi connectivity index (χ1v) is 5.30. The van der Waals surface area contributed by atoms with Crippen LogP contribution in [0.25, 0.3) is 10.9 Å². The predicted octanol–water partition coefficient (Wildman–Crippen LogP) is 1.17. The second kappa shape index (κ2) is 4.55. The number of para-hydroxylation sites is 1.